The van der Waals surface area contributed by atoms with Crippen LogP contribution in [-0.4, -0.2) is 18.3 Å². The average Bonchev–Trinajstić information content (AvgIpc) is 3.28. The van der Waals surface area contributed by atoms with Crippen LogP contribution in [0.4, 0.5) is 0 Å². The Hall–Kier alpha value is -2.92. The van der Waals surface area contributed by atoms with Gasteiger partial charge in [-0.1, -0.05) is 50.3 Å². The van der Waals surface area contributed by atoms with Crippen LogP contribution in [0.15, 0.2) is 46.6 Å². The van der Waals surface area contributed by atoms with Gasteiger partial charge >= 0.3 is 0 Å². The predicted molar refractivity (Wildman–Crippen MR) is 153 cm³/mol. The summed E-state index contributed by atoms with van der Waals surface area (Å²) in [5.74, 6) is 2.43. The summed E-state index contributed by atoms with van der Waals surface area (Å²) in [6.07, 6.45) is 12.7. The molecular weight excluding hydrogens is 464 g/mol. The molecule has 1 saturated carbocycles. The number of benzene rings is 2. The quantitative estimate of drug-likeness (QED) is 0.145. The zero-order chi connectivity index (χ0) is 25.1. The van der Waals surface area contributed by atoms with E-state index in [1.807, 2.05) is 23.6 Å². The van der Waals surface area contributed by atoms with Gasteiger partial charge in [0.15, 0.2) is 0 Å². The number of methoxy groups -OCH3 is 1. The van der Waals surface area contributed by atoms with Crippen LogP contribution in [-0.2, 0) is 6.42 Å². The van der Waals surface area contributed by atoms with Crippen molar-refractivity contribution in [1.29, 1.82) is 5.41 Å². The molecule has 4 aromatic rings. The number of H-pyrrole nitrogens is 1. The summed E-state index contributed by atoms with van der Waals surface area (Å²) >= 11 is 1.48. The molecule has 0 aliphatic heterocycles. The van der Waals surface area contributed by atoms with E-state index >= 15 is 0 Å². The van der Waals surface area contributed by atoms with Gasteiger partial charge in [0.1, 0.15) is 10.4 Å². The van der Waals surface area contributed by atoms with Crippen LogP contribution < -0.4 is 10.3 Å². The Morgan fingerprint density at radius 2 is 1.94 bits per heavy atom. The highest BCUT2D eigenvalue weighted by atomic mass is 32.1. The zero-order valence-corrected chi connectivity index (χ0v) is 22.2. The van der Waals surface area contributed by atoms with Gasteiger partial charge in [-0.25, -0.2) is 0 Å². The molecule has 0 radical (unpaired) electrons. The van der Waals surface area contributed by atoms with Crippen LogP contribution in [0.25, 0.3) is 32.1 Å². The zero-order valence-electron chi connectivity index (χ0n) is 21.4. The molecule has 0 spiro atoms. The Kier molecular flexibility index (Phi) is 7.56. The van der Waals surface area contributed by atoms with E-state index in [4.69, 9.17) is 10.1 Å². The van der Waals surface area contributed by atoms with Crippen molar-refractivity contribution in [3.8, 4) is 16.9 Å². The Morgan fingerprint density at radius 3 is 2.75 bits per heavy atom. The molecule has 0 amide bonds. The monoisotopic (exact) mass is 500 g/mol. The maximum atomic E-state index is 12.6. The molecule has 5 rings (SSSR count). The number of rotatable bonds is 8. The summed E-state index contributed by atoms with van der Waals surface area (Å²) in [6.45, 7) is 2.23. The van der Waals surface area contributed by atoms with E-state index in [0.29, 0.717) is 0 Å². The van der Waals surface area contributed by atoms with Crippen molar-refractivity contribution < 1.29 is 4.74 Å². The van der Waals surface area contributed by atoms with Crippen LogP contribution in [0.3, 0.4) is 0 Å². The first-order valence-corrected chi connectivity index (χ1v) is 14.2. The van der Waals surface area contributed by atoms with Gasteiger partial charge in [-0.15, -0.1) is 11.3 Å². The SMILES string of the molecule is COc1ccc2[nH]c(=O)c3sccc3c2c1-c1ccc(CC2CCCC(CCCC=N)CC2)c(C)c1. The molecule has 2 heterocycles. The number of unbranched alkanes of at least 4 members (excludes halogenated alkanes) is 1. The Morgan fingerprint density at radius 1 is 1.11 bits per heavy atom. The first kappa shape index (κ1) is 24.8. The molecule has 188 valence electrons. The van der Waals surface area contributed by atoms with E-state index in [2.05, 4.69) is 30.1 Å². The second-order valence-electron chi connectivity index (χ2n) is 10.4. The Balaban J connectivity index is 1.43. The summed E-state index contributed by atoms with van der Waals surface area (Å²) in [5, 5.41) is 11.3. The smallest absolute Gasteiger partial charge is 0.266 e. The molecule has 0 bridgehead atoms. The van der Waals surface area contributed by atoms with Crippen LogP contribution in [0, 0.1) is 24.2 Å². The molecule has 2 unspecified atom stereocenters. The van der Waals surface area contributed by atoms with E-state index in [9.17, 15) is 4.79 Å². The van der Waals surface area contributed by atoms with E-state index in [-0.39, 0.29) is 5.56 Å². The van der Waals surface area contributed by atoms with Gasteiger partial charge < -0.3 is 15.1 Å². The summed E-state index contributed by atoms with van der Waals surface area (Å²) in [5.41, 5.74) is 5.76. The van der Waals surface area contributed by atoms with Crippen molar-refractivity contribution in [2.45, 2.75) is 64.7 Å². The van der Waals surface area contributed by atoms with Gasteiger partial charge in [0.25, 0.3) is 5.56 Å². The second-order valence-corrected chi connectivity index (χ2v) is 11.3. The third-order valence-corrected chi connectivity index (χ3v) is 9.00. The molecular formula is C31H36N2O2S. The normalized spacial score (nSPS) is 18.4. The third-order valence-electron chi connectivity index (χ3n) is 8.08. The summed E-state index contributed by atoms with van der Waals surface area (Å²) < 4.78 is 6.57. The number of hydrogen-bond acceptors (Lipinski definition) is 4. The minimum absolute atomic E-state index is 0.0319. The van der Waals surface area contributed by atoms with Crippen molar-refractivity contribution in [2.75, 3.05) is 7.11 Å². The summed E-state index contributed by atoms with van der Waals surface area (Å²) in [6, 6.07) is 12.8. The van der Waals surface area contributed by atoms with Gasteiger partial charge in [-0.2, -0.15) is 0 Å². The first-order valence-electron chi connectivity index (χ1n) is 13.3. The largest absolute Gasteiger partial charge is 0.496 e. The third kappa shape index (κ3) is 4.99. The summed E-state index contributed by atoms with van der Waals surface area (Å²) in [7, 11) is 1.72. The number of pyridine rings is 1. The van der Waals surface area contributed by atoms with Crippen molar-refractivity contribution in [3.63, 3.8) is 0 Å². The van der Waals surface area contributed by atoms with E-state index in [0.717, 1.165) is 62.5 Å². The number of ether oxygens (including phenoxy) is 1. The summed E-state index contributed by atoms with van der Waals surface area (Å²) in [4.78, 5) is 15.6. The Labute approximate surface area is 217 Å². The van der Waals surface area contributed by atoms with Gasteiger partial charge in [0.05, 0.1) is 7.11 Å². The number of nitrogens with one attached hydrogen (secondary N) is 2. The Bertz CT molecular complexity index is 1430. The molecule has 2 aromatic carbocycles. The minimum Gasteiger partial charge on any atom is -0.496 e. The molecule has 5 heteroatoms. The lowest BCUT2D eigenvalue weighted by atomic mass is 9.88. The van der Waals surface area contributed by atoms with Gasteiger partial charge in [-0.3, -0.25) is 4.79 Å². The number of aromatic nitrogens is 1. The topological polar surface area (TPSA) is 65.9 Å². The highest BCUT2D eigenvalue weighted by Gasteiger charge is 2.21. The fraction of sp³-hybridized carbons (Fsp3) is 0.419. The fourth-order valence-electron chi connectivity index (χ4n) is 6.13. The maximum absolute atomic E-state index is 12.6. The standard InChI is InChI=1S/C31H36N2O2S/c1-20-18-24(12-11-23(20)19-22-8-5-7-21(9-10-22)6-3-4-16-32)28-27(35-2)14-13-26-29(28)25-15-17-36-30(25)31(34)33-26/h11-18,21-22,32H,3-10,19H2,1-2H3,(H,33,34). The number of hydrogen-bond donors (Lipinski definition) is 2. The molecule has 4 nitrogen and oxygen atoms in total. The van der Waals surface area contributed by atoms with Crippen molar-refractivity contribution >= 4 is 38.5 Å². The van der Waals surface area contributed by atoms with Gasteiger partial charge in [0, 0.05) is 21.9 Å². The molecule has 2 aromatic heterocycles. The average molecular weight is 501 g/mol. The molecule has 2 atom stereocenters. The molecule has 1 fully saturated rings. The lowest BCUT2D eigenvalue weighted by molar-refractivity contribution is 0.403. The van der Waals surface area contributed by atoms with Crippen LogP contribution >= 0.6 is 11.3 Å². The van der Waals surface area contributed by atoms with E-state index < -0.39 is 0 Å². The molecule has 1 aliphatic rings. The fourth-order valence-corrected chi connectivity index (χ4v) is 6.93. The lowest BCUT2D eigenvalue weighted by Crippen LogP contribution is -2.06. The van der Waals surface area contributed by atoms with Gasteiger partial charge in [0.2, 0.25) is 0 Å². The molecule has 2 N–H and O–H groups in total. The maximum Gasteiger partial charge on any atom is 0.266 e. The van der Waals surface area contributed by atoms with Crippen LogP contribution in [0.1, 0.15) is 62.5 Å². The number of thiophene rings is 1. The molecule has 36 heavy (non-hydrogen) atoms. The number of fused-ring (bicyclic) bond motifs is 3. The first-order chi connectivity index (χ1) is 17.6. The number of aromatic amines is 1. The van der Waals surface area contributed by atoms with Gasteiger partial charge in [-0.05, 0) is 90.9 Å². The molecule has 0 saturated heterocycles. The van der Waals surface area contributed by atoms with Crippen LogP contribution in [0.5, 0.6) is 5.75 Å². The van der Waals surface area contributed by atoms with E-state index in [1.165, 1.54) is 67.4 Å². The van der Waals surface area contributed by atoms with Crippen molar-refractivity contribution in [1.82, 2.24) is 4.98 Å². The molecule has 1 aliphatic carbocycles. The highest BCUT2D eigenvalue weighted by molar-refractivity contribution is 7.17. The van der Waals surface area contributed by atoms with Crippen molar-refractivity contribution in [2.24, 2.45) is 11.8 Å². The predicted octanol–water partition coefficient (Wildman–Crippen LogP) is 8.29. The van der Waals surface area contributed by atoms with Crippen molar-refractivity contribution in [3.05, 3.63) is 63.3 Å². The van der Waals surface area contributed by atoms with E-state index in [1.54, 1.807) is 13.3 Å². The second kappa shape index (κ2) is 11.0. The highest BCUT2D eigenvalue weighted by Crippen LogP contribution is 2.41. The lowest BCUT2D eigenvalue weighted by Gasteiger charge is -2.18. The number of aryl methyl sites for hydroxylation is 1. The minimum atomic E-state index is -0.0319. The van der Waals surface area contributed by atoms with Crippen LogP contribution in [0.2, 0.25) is 0 Å².